The van der Waals surface area contributed by atoms with Gasteiger partial charge in [0.1, 0.15) is 11.4 Å². The Morgan fingerprint density at radius 1 is 1.42 bits per heavy atom. The van der Waals surface area contributed by atoms with Crippen molar-refractivity contribution in [2.45, 2.75) is 13.8 Å². The fraction of sp³-hybridized carbons (Fsp3) is 0.286. The van der Waals surface area contributed by atoms with Gasteiger partial charge in [0, 0.05) is 6.07 Å². The molecule has 62 valence electrons. The first kappa shape index (κ1) is 7.02. The maximum atomic E-state index is 5.48. The standard InChI is InChI=1S/C7H9N5/c1-4-3-5(2)12-7(9-4)10-6(8)11-12/h3H,1-2H3,(H2,8,11)/p+1. The Kier molecular flexibility index (Phi) is 1.27. The zero-order valence-electron chi connectivity index (χ0n) is 7.00. The third kappa shape index (κ3) is 0.903. The van der Waals surface area contributed by atoms with Gasteiger partial charge in [-0.05, 0) is 18.8 Å². The molecule has 5 nitrogen and oxygen atoms in total. The maximum Gasteiger partial charge on any atom is 0.459 e. The number of nitrogen functional groups attached to an aromatic ring is 1. The molecule has 0 aliphatic carbocycles. The number of anilines is 1. The maximum absolute atomic E-state index is 5.48. The Balaban J connectivity index is 2.88. The second-order valence-electron chi connectivity index (χ2n) is 2.78. The summed E-state index contributed by atoms with van der Waals surface area (Å²) in [5, 5.41) is 2.87. The Labute approximate surface area is 69.2 Å². The first-order valence-electron chi connectivity index (χ1n) is 3.68. The van der Waals surface area contributed by atoms with E-state index in [1.165, 1.54) is 0 Å². The Morgan fingerprint density at radius 3 is 2.92 bits per heavy atom. The van der Waals surface area contributed by atoms with Crippen molar-refractivity contribution in [1.82, 2.24) is 15.1 Å². The molecule has 0 aliphatic heterocycles. The lowest BCUT2D eigenvalue weighted by atomic mass is 10.4. The first-order valence-corrected chi connectivity index (χ1v) is 3.68. The number of hydrogen-bond donors (Lipinski definition) is 2. The van der Waals surface area contributed by atoms with Crippen molar-refractivity contribution in [3.8, 4) is 0 Å². The van der Waals surface area contributed by atoms with Crippen molar-refractivity contribution in [1.29, 1.82) is 0 Å². The van der Waals surface area contributed by atoms with Crippen molar-refractivity contribution in [2.24, 2.45) is 0 Å². The smallest absolute Gasteiger partial charge is 0.353 e. The summed E-state index contributed by atoms with van der Waals surface area (Å²) in [4.78, 5) is 8.21. The quantitative estimate of drug-likeness (QED) is 0.527. The SMILES string of the molecule is Cc1cc(C)[n+]2[nH]c(N)nc2n1. The Morgan fingerprint density at radius 2 is 2.17 bits per heavy atom. The first-order chi connectivity index (χ1) is 5.66. The zero-order valence-corrected chi connectivity index (χ0v) is 7.00. The van der Waals surface area contributed by atoms with Crippen molar-refractivity contribution in [3.05, 3.63) is 17.5 Å². The highest BCUT2D eigenvalue weighted by molar-refractivity contribution is 5.26. The fourth-order valence-corrected chi connectivity index (χ4v) is 1.23. The minimum absolute atomic E-state index is 0.385. The molecule has 0 bridgehead atoms. The van der Waals surface area contributed by atoms with Gasteiger partial charge in [-0.2, -0.15) is 5.10 Å². The molecule has 0 aromatic carbocycles. The van der Waals surface area contributed by atoms with Crippen molar-refractivity contribution in [2.75, 3.05) is 5.73 Å². The minimum atomic E-state index is 0.385. The van der Waals surface area contributed by atoms with Gasteiger partial charge in [-0.3, -0.25) is 0 Å². The Bertz CT molecular complexity index is 431. The van der Waals surface area contributed by atoms with Crippen LogP contribution in [0.15, 0.2) is 6.07 Å². The number of nitrogens with one attached hydrogen (secondary N) is 1. The zero-order chi connectivity index (χ0) is 8.72. The van der Waals surface area contributed by atoms with Gasteiger partial charge >= 0.3 is 11.7 Å². The second kappa shape index (κ2) is 2.17. The molecule has 0 saturated heterocycles. The molecule has 0 radical (unpaired) electrons. The number of aromatic nitrogens is 4. The van der Waals surface area contributed by atoms with Gasteiger partial charge in [0.25, 0.3) is 0 Å². The number of fused-ring (bicyclic) bond motifs is 1. The molecule has 2 aromatic heterocycles. The Hall–Kier alpha value is -1.65. The van der Waals surface area contributed by atoms with Gasteiger partial charge in [-0.1, -0.05) is 4.98 Å². The molecule has 0 saturated carbocycles. The highest BCUT2D eigenvalue weighted by Gasteiger charge is 2.12. The van der Waals surface area contributed by atoms with E-state index < -0.39 is 0 Å². The van der Waals surface area contributed by atoms with Crippen LogP contribution in [0, 0.1) is 13.8 Å². The molecule has 0 spiro atoms. The van der Waals surface area contributed by atoms with E-state index in [9.17, 15) is 0 Å². The molecule has 0 atom stereocenters. The monoisotopic (exact) mass is 164 g/mol. The molecule has 0 unspecified atom stereocenters. The van der Waals surface area contributed by atoms with Gasteiger partial charge in [0.05, 0.1) is 0 Å². The predicted molar refractivity (Wildman–Crippen MR) is 43.4 cm³/mol. The average Bonchev–Trinajstić information content (AvgIpc) is 2.29. The highest BCUT2D eigenvalue weighted by atomic mass is 15.4. The molecular formula is C7H10N5+. The molecule has 12 heavy (non-hydrogen) atoms. The summed E-state index contributed by atoms with van der Waals surface area (Å²) >= 11 is 0. The summed E-state index contributed by atoms with van der Waals surface area (Å²) < 4.78 is 1.75. The third-order valence-electron chi connectivity index (χ3n) is 1.69. The van der Waals surface area contributed by atoms with Crippen molar-refractivity contribution < 1.29 is 4.52 Å². The summed E-state index contributed by atoms with van der Waals surface area (Å²) in [7, 11) is 0. The van der Waals surface area contributed by atoms with Gasteiger partial charge < -0.3 is 5.73 Å². The van der Waals surface area contributed by atoms with Gasteiger partial charge in [0.15, 0.2) is 0 Å². The second-order valence-corrected chi connectivity index (χ2v) is 2.78. The molecule has 2 aromatic rings. The van der Waals surface area contributed by atoms with Crippen LogP contribution in [0.2, 0.25) is 0 Å². The number of nitrogens with zero attached hydrogens (tertiary/aromatic N) is 3. The lowest BCUT2D eigenvalue weighted by Gasteiger charge is -1.89. The summed E-state index contributed by atoms with van der Waals surface area (Å²) in [6, 6.07) is 1.96. The number of aromatic amines is 1. The topological polar surface area (TPSA) is 71.7 Å². The molecule has 0 amide bonds. The van der Waals surface area contributed by atoms with Crippen LogP contribution in [0.5, 0.6) is 0 Å². The van der Waals surface area contributed by atoms with Crippen LogP contribution in [0.1, 0.15) is 11.4 Å². The van der Waals surface area contributed by atoms with E-state index in [2.05, 4.69) is 15.1 Å². The van der Waals surface area contributed by atoms with Gasteiger partial charge in [-0.25, -0.2) is 0 Å². The predicted octanol–water partition coefficient (Wildman–Crippen LogP) is -0.258. The molecule has 0 fully saturated rings. The van der Waals surface area contributed by atoms with E-state index in [1.54, 1.807) is 4.52 Å². The normalized spacial score (nSPS) is 10.8. The lowest BCUT2D eigenvalue weighted by Crippen LogP contribution is -2.28. The van der Waals surface area contributed by atoms with E-state index in [-0.39, 0.29) is 0 Å². The van der Waals surface area contributed by atoms with Crippen molar-refractivity contribution >= 4 is 11.7 Å². The van der Waals surface area contributed by atoms with Crippen LogP contribution in [-0.2, 0) is 0 Å². The van der Waals surface area contributed by atoms with E-state index in [0.717, 1.165) is 11.4 Å². The van der Waals surface area contributed by atoms with E-state index in [1.807, 2.05) is 19.9 Å². The minimum Gasteiger partial charge on any atom is -0.353 e. The van der Waals surface area contributed by atoms with Crippen LogP contribution in [0.4, 0.5) is 5.95 Å². The van der Waals surface area contributed by atoms with Crippen LogP contribution >= 0.6 is 0 Å². The number of rotatable bonds is 0. The van der Waals surface area contributed by atoms with E-state index in [4.69, 9.17) is 5.73 Å². The summed E-state index contributed by atoms with van der Waals surface area (Å²) in [5.74, 6) is 1.00. The third-order valence-corrected chi connectivity index (χ3v) is 1.69. The molecule has 2 rings (SSSR count). The van der Waals surface area contributed by atoms with E-state index >= 15 is 0 Å². The summed E-state index contributed by atoms with van der Waals surface area (Å²) in [5.41, 5.74) is 7.47. The number of nitrogens with two attached hydrogens (primary N) is 1. The molecular weight excluding hydrogens is 154 g/mol. The average molecular weight is 164 g/mol. The summed E-state index contributed by atoms with van der Waals surface area (Å²) in [6.45, 7) is 3.90. The number of H-pyrrole nitrogens is 1. The summed E-state index contributed by atoms with van der Waals surface area (Å²) in [6.07, 6.45) is 0. The van der Waals surface area contributed by atoms with Gasteiger partial charge in [0.2, 0.25) is 0 Å². The van der Waals surface area contributed by atoms with E-state index in [0.29, 0.717) is 11.7 Å². The van der Waals surface area contributed by atoms with Crippen LogP contribution in [0.25, 0.3) is 5.78 Å². The van der Waals surface area contributed by atoms with Crippen molar-refractivity contribution in [3.63, 3.8) is 0 Å². The largest absolute Gasteiger partial charge is 0.459 e. The van der Waals surface area contributed by atoms with Gasteiger partial charge in [-0.15, -0.1) is 4.52 Å². The van der Waals surface area contributed by atoms with Crippen LogP contribution in [-0.4, -0.2) is 15.1 Å². The molecule has 5 heteroatoms. The fourth-order valence-electron chi connectivity index (χ4n) is 1.23. The molecule has 2 heterocycles. The van der Waals surface area contributed by atoms with Crippen LogP contribution < -0.4 is 10.2 Å². The number of hydrogen-bond acceptors (Lipinski definition) is 3. The number of aryl methyl sites for hydroxylation is 2. The lowest BCUT2D eigenvalue weighted by molar-refractivity contribution is -0.585. The molecule has 3 N–H and O–H groups in total. The van der Waals surface area contributed by atoms with Crippen LogP contribution in [0.3, 0.4) is 0 Å². The highest BCUT2D eigenvalue weighted by Crippen LogP contribution is 1.97. The molecule has 0 aliphatic rings.